The van der Waals surface area contributed by atoms with Crippen molar-refractivity contribution in [2.75, 3.05) is 0 Å². The lowest BCUT2D eigenvalue weighted by atomic mass is 9.96. The lowest BCUT2D eigenvalue weighted by molar-refractivity contribution is 0.103. The van der Waals surface area contributed by atoms with Crippen molar-refractivity contribution in [2.45, 2.75) is 0 Å². The number of hydrogen-bond donors (Lipinski definition) is 0. The maximum Gasteiger partial charge on any atom is 0.201 e. The molecule has 2 aromatic heterocycles. The number of carbonyl (C=O) groups excluding carboxylic acids is 2. The minimum absolute atomic E-state index is 0.111. The number of benzene rings is 2. The first-order valence-corrected chi connectivity index (χ1v) is 9.97. The molecule has 0 bridgehead atoms. The molecule has 0 aliphatic carbocycles. The molecule has 0 saturated carbocycles. The summed E-state index contributed by atoms with van der Waals surface area (Å²) in [7, 11) is 0. The van der Waals surface area contributed by atoms with Crippen molar-refractivity contribution >= 4 is 22.5 Å². The molecule has 5 heteroatoms. The van der Waals surface area contributed by atoms with Crippen LogP contribution in [0, 0.1) is 0 Å². The van der Waals surface area contributed by atoms with Crippen LogP contribution in [0.15, 0.2) is 111 Å². The van der Waals surface area contributed by atoms with E-state index in [-0.39, 0.29) is 16.7 Å². The third-order valence-electron chi connectivity index (χ3n) is 5.26. The van der Waals surface area contributed by atoms with E-state index in [1.807, 2.05) is 0 Å². The average Bonchev–Trinajstić information content (AvgIpc) is 3.51. The summed E-state index contributed by atoms with van der Waals surface area (Å²) >= 11 is 0. The second kappa shape index (κ2) is 7.96. The van der Waals surface area contributed by atoms with Crippen LogP contribution >= 0.6 is 0 Å². The molecule has 2 heterocycles. The fraction of sp³-hybridized carbons (Fsp3) is 0. The molecule has 0 saturated heterocycles. The molecule has 0 aliphatic rings. The van der Waals surface area contributed by atoms with E-state index in [1.165, 1.54) is 18.6 Å². The Hall–Kier alpha value is -4.51. The van der Waals surface area contributed by atoms with Crippen molar-refractivity contribution < 1.29 is 18.4 Å². The van der Waals surface area contributed by atoms with Gasteiger partial charge in [-0.2, -0.15) is 0 Å². The molecule has 0 aliphatic heterocycles. The molecule has 5 rings (SSSR count). The number of hydrogen-bond acceptors (Lipinski definition) is 5. The zero-order valence-electron chi connectivity index (χ0n) is 16.8. The summed E-state index contributed by atoms with van der Waals surface area (Å²) in [5.41, 5.74) is 0.233. The van der Waals surface area contributed by atoms with Crippen LogP contribution < -0.4 is 5.43 Å². The SMILES string of the molecule is O=C(c1ccccc1)c1cc2ccoc2c(-c2ccco2)c(C(=O)c2ccccc2)c1=O. The van der Waals surface area contributed by atoms with Gasteiger partial charge in [0.05, 0.1) is 29.2 Å². The van der Waals surface area contributed by atoms with E-state index >= 15 is 0 Å². The van der Waals surface area contributed by atoms with Gasteiger partial charge in [0, 0.05) is 16.5 Å². The zero-order valence-corrected chi connectivity index (χ0v) is 16.8. The van der Waals surface area contributed by atoms with Gasteiger partial charge in [-0.25, -0.2) is 0 Å². The Morgan fingerprint density at radius 2 is 1.31 bits per heavy atom. The first-order chi connectivity index (χ1) is 15.6. The Kier molecular flexibility index (Phi) is 4.84. The molecule has 5 aromatic rings. The predicted octanol–water partition coefficient (Wildman–Crippen LogP) is 5.52. The molecule has 0 N–H and O–H groups in total. The van der Waals surface area contributed by atoms with E-state index in [1.54, 1.807) is 78.9 Å². The summed E-state index contributed by atoms with van der Waals surface area (Å²) in [5.74, 6) is -0.685. The highest BCUT2D eigenvalue weighted by atomic mass is 16.3. The second-order valence-corrected chi connectivity index (χ2v) is 7.21. The quantitative estimate of drug-likeness (QED) is 0.350. The van der Waals surface area contributed by atoms with E-state index in [4.69, 9.17) is 8.83 Å². The first kappa shape index (κ1) is 19.5. The van der Waals surface area contributed by atoms with Crippen LogP contribution in [0.2, 0.25) is 0 Å². The van der Waals surface area contributed by atoms with Crippen LogP contribution in [0.3, 0.4) is 0 Å². The topological polar surface area (TPSA) is 77.5 Å². The summed E-state index contributed by atoms with van der Waals surface area (Å²) in [6.45, 7) is 0. The van der Waals surface area contributed by atoms with Crippen LogP contribution in [0.4, 0.5) is 0 Å². The highest BCUT2D eigenvalue weighted by molar-refractivity contribution is 6.18. The number of furan rings is 2. The number of fused-ring (bicyclic) bond motifs is 1. The lowest BCUT2D eigenvalue weighted by Crippen LogP contribution is -2.22. The van der Waals surface area contributed by atoms with Crippen LogP contribution in [0.1, 0.15) is 31.8 Å². The van der Waals surface area contributed by atoms with Gasteiger partial charge < -0.3 is 8.83 Å². The van der Waals surface area contributed by atoms with Gasteiger partial charge >= 0.3 is 0 Å². The number of rotatable bonds is 5. The van der Waals surface area contributed by atoms with Crippen molar-refractivity contribution in [3.63, 3.8) is 0 Å². The molecule has 3 aromatic carbocycles. The van der Waals surface area contributed by atoms with Gasteiger partial charge in [0.1, 0.15) is 11.3 Å². The molecular formula is C27H16O5. The van der Waals surface area contributed by atoms with Gasteiger partial charge in [-0.3, -0.25) is 14.4 Å². The van der Waals surface area contributed by atoms with Crippen molar-refractivity contribution in [2.24, 2.45) is 0 Å². The fourth-order valence-corrected chi connectivity index (χ4v) is 3.74. The Bertz CT molecular complexity index is 1500. The Morgan fingerprint density at radius 3 is 1.94 bits per heavy atom. The Labute approximate surface area is 182 Å². The minimum Gasteiger partial charge on any atom is -0.464 e. The van der Waals surface area contributed by atoms with Crippen molar-refractivity contribution in [3.8, 4) is 11.3 Å². The normalized spacial score (nSPS) is 10.9. The molecule has 0 fully saturated rings. The van der Waals surface area contributed by atoms with Crippen molar-refractivity contribution in [1.82, 2.24) is 0 Å². The van der Waals surface area contributed by atoms with Crippen LogP contribution in [0.5, 0.6) is 0 Å². The van der Waals surface area contributed by atoms with Gasteiger partial charge in [-0.05, 0) is 24.3 Å². The summed E-state index contributed by atoms with van der Waals surface area (Å²) < 4.78 is 11.3. The summed E-state index contributed by atoms with van der Waals surface area (Å²) in [6.07, 6.45) is 2.91. The third kappa shape index (κ3) is 3.26. The standard InChI is InChI=1S/C27H16O5/c28-24(17-8-3-1-4-9-17)20-16-19-13-15-32-27(19)22(21-12-7-14-31-21)23(26(20)30)25(29)18-10-5-2-6-11-18/h1-16H. The number of carbonyl (C=O) groups is 2. The zero-order chi connectivity index (χ0) is 22.1. The van der Waals surface area contributed by atoms with Crippen LogP contribution in [-0.4, -0.2) is 11.6 Å². The van der Waals surface area contributed by atoms with E-state index in [2.05, 4.69) is 0 Å². The molecule has 0 amide bonds. The largest absolute Gasteiger partial charge is 0.464 e. The van der Waals surface area contributed by atoms with E-state index in [0.29, 0.717) is 27.9 Å². The average molecular weight is 420 g/mol. The van der Waals surface area contributed by atoms with Gasteiger partial charge in [0.2, 0.25) is 5.43 Å². The predicted molar refractivity (Wildman–Crippen MR) is 120 cm³/mol. The van der Waals surface area contributed by atoms with Crippen molar-refractivity contribution in [3.05, 3.63) is 130 Å². The molecule has 0 radical (unpaired) electrons. The number of ketones is 2. The molecule has 5 nitrogen and oxygen atoms in total. The van der Waals surface area contributed by atoms with Gasteiger partial charge in [0.15, 0.2) is 11.6 Å². The second-order valence-electron chi connectivity index (χ2n) is 7.21. The van der Waals surface area contributed by atoms with Gasteiger partial charge in [-0.15, -0.1) is 0 Å². The summed E-state index contributed by atoms with van der Waals surface area (Å²) in [6, 6.07) is 23.4. The fourth-order valence-electron chi connectivity index (χ4n) is 3.74. The monoisotopic (exact) mass is 420 g/mol. The molecule has 154 valence electrons. The molecule has 0 spiro atoms. The van der Waals surface area contributed by atoms with Crippen LogP contribution in [0.25, 0.3) is 22.3 Å². The van der Waals surface area contributed by atoms with Crippen LogP contribution in [-0.2, 0) is 0 Å². The van der Waals surface area contributed by atoms with E-state index in [0.717, 1.165) is 0 Å². The smallest absolute Gasteiger partial charge is 0.201 e. The Morgan fingerprint density at radius 1 is 0.656 bits per heavy atom. The molecular weight excluding hydrogens is 404 g/mol. The maximum atomic E-state index is 13.8. The molecule has 0 atom stereocenters. The highest BCUT2D eigenvalue weighted by Crippen LogP contribution is 2.33. The van der Waals surface area contributed by atoms with E-state index < -0.39 is 17.0 Å². The highest BCUT2D eigenvalue weighted by Gasteiger charge is 2.27. The molecule has 32 heavy (non-hydrogen) atoms. The van der Waals surface area contributed by atoms with Gasteiger partial charge in [-0.1, -0.05) is 60.7 Å². The van der Waals surface area contributed by atoms with Gasteiger partial charge in [0.25, 0.3) is 0 Å². The maximum absolute atomic E-state index is 13.8. The summed E-state index contributed by atoms with van der Waals surface area (Å²) in [5, 5.41) is 0.514. The minimum atomic E-state index is -0.675. The lowest BCUT2D eigenvalue weighted by Gasteiger charge is -2.05. The third-order valence-corrected chi connectivity index (χ3v) is 5.26. The summed E-state index contributed by atoms with van der Waals surface area (Å²) in [4.78, 5) is 40.7. The Balaban J connectivity index is 1.90. The first-order valence-electron chi connectivity index (χ1n) is 9.97. The molecule has 0 unspecified atom stereocenters. The van der Waals surface area contributed by atoms with E-state index in [9.17, 15) is 14.4 Å². The van der Waals surface area contributed by atoms with Crippen molar-refractivity contribution in [1.29, 1.82) is 0 Å².